The minimum Gasteiger partial charge on any atom is -0.493 e. The molecule has 1 amide bonds. The number of ether oxygens (including phenoxy) is 3. The van der Waals surface area contributed by atoms with Crippen LogP contribution in [0.1, 0.15) is 38.2 Å². The van der Waals surface area contributed by atoms with Gasteiger partial charge in [0.15, 0.2) is 11.5 Å². The normalized spacial score (nSPS) is 15.2. The fourth-order valence-corrected chi connectivity index (χ4v) is 3.88. The van der Waals surface area contributed by atoms with E-state index in [0.717, 1.165) is 18.4 Å². The molecule has 0 radical (unpaired) electrons. The number of esters is 1. The van der Waals surface area contributed by atoms with Gasteiger partial charge < -0.3 is 14.2 Å². The van der Waals surface area contributed by atoms with Crippen molar-refractivity contribution < 1.29 is 23.8 Å². The third-order valence-electron chi connectivity index (χ3n) is 4.10. The summed E-state index contributed by atoms with van der Waals surface area (Å²) >= 11 is 6.59. The third kappa shape index (κ3) is 5.97. The van der Waals surface area contributed by atoms with Crippen molar-refractivity contribution in [2.24, 2.45) is 0 Å². The van der Waals surface area contributed by atoms with Crippen molar-refractivity contribution in [2.45, 2.75) is 32.6 Å². The van der Waals surface area contributed by atoms with Crippen molar-refractivity contribution >= 4 is 46.3 Å². The molecular weight excluding hydrogens is 398 g/mol. The van der Waals surface area contributed by atoms with Crippen molar-refractivity contribution in [2.75, 3.05) is 27.4 Å². The molecule has 8 heteroatoms. The van der Waals surface area contributed by atoms with Gasteiger partial charge in [0.2, 0.25) is 0 Å². The molecule has 0 atom stereocenters. The van der Waals surface area contributed by atoms with Gasteiger partial charge >= 0.3 is 5.97 Å². The molecule has 1 aromatic carbocycles. The largest absolute Gasteiger partial charge is 0.493 e. The average molecular weight is 424 g/mol. The number of methoxy groups -OCH3 is 2. The second kappa shape index (κ2) is 11.1. The molecule has 0 aromatic heterocycles. The van der Waals surface area contributed by atoms with E-state index >= 15 is 0 Å². The van der Waals surface area contributed by atoms with E-state index < -0.39 is 0 Å². The number of thioether (sulfide) groups is 1. The van der Waals surface area contributed by atoms with Crippen LogP contribution in [0.3, 0.4) is 0 Å². The lowest BCUT2D eigenvalue weighted by Crippen LogP contribution is -2.29. The van der Waals surface area contributed by atoms with Gasteiger partial charge in [-0.3, -0.25) is 14.5 Å². The van der Waals surface area contributed by atoms with Crippen LogP contribution in [-0.4, -0.2) is 48.5 Å². The molecule has 0 unspecified atom stereocenters. The molecule has 6 nitrogen and oxygen atoms in total. The lowest BCUT2D eigenvalue weighted by atomic mass is 10.2. The van der Waals surface area contributed by atoms with Crippen molar-refractivity contribution in [3.05, 3.63) is 28.7 Å². The number of carbonyl (C=O) groups excluding carboxylic acids is 2. The summed E-state index contributed by atoms with van der Waals surface area (Å²) in [6.07, 6.45) is 4.41. The van der Waals surface area contributed by atoms with Crippen LogP contribution in [-0.2, 0) is 14.3 Å². The Labute approximate surface area is 175 Å². The van der Waals surface area contributed by atoms with Crippen molar-refractivity contribution in [1.82, 2.24) is 4.90 Å². The van der Waals surface area contributed by atoms with E-state index in [-0.39, 0.29) is 18.3 Å². The highest BCUT2D eigenvalue weighted by Gasteiger charge is 2.31. The maximum Gasteiger partial charge on any atom is 0.305 e. The van der Waals surface area contributed by atoms with Gasteiger partial charge in [-0.05, 0) is 36.6 Å². The van der Waals surface area contributed by atoms with Crippen LogP contribution in [0.5, 0.6) is 11.5 Å². The van der Waals surface area contributed by atoms with E-state index in [4.69, 9.17) is 26.4 Å². The first kappa shape index (κ1) is 22.2. The Hall–Kier alpha value is -2.06. The van der Waals surface area contributed by atoms with E-state index in [1.165, 1.54) is 16.7 Å². The number of unbranched alkanes of at least 4 members (excludes halogenated alkanes) is 1. The fourth-order valence-electron chi connectivity index (χ4n) is 2.57. The average Bonchev–Trinajstić information content (AvgIpc) is 2.95. The quantitative estimate of drug-likeness (QED) is 0.244. The van der Waals surface area contributed by atoms with Gasteiger partial charge in [0.25, 0.3) is 5.91 Å². The third-order valence-corrected chi connectivity index (χ3v) is 5.48. The van der Waals surface area contributed by atoms with Gasteiger partial charge in [-0.15, -0.1) is 0 Å². The highest BCUT2D eigenvalue weighted by Crippen LogP contribution is 2.34. The zero-order valence-electron chi connectivity index (χ0n) is 16.4. The molecule has 1 aliphatic heterocycles. The maximum atomic E-state index is 12.7. The van der Waals surface area contributed by atoms with Gasteiger partial charge in [-0.2, -0.15) is 0 Å². The van der Waals surface area contributed by atoms with E-state index in [0.29, 0.717) is 40.3 Å². The smallest absolute Gasteiger partial charge is 0.305 e. The van der Waals surface area contributed by atoms with Crippen molar-refractivity contribution in [3.63, 3.8) is 0 Å². The molecule has 0 aliphatic carbocycles. The first-order valence-electron chi connectivity index (χ1n) is 9.13. The zero-order valence-corrected chi connectivity index (χ0v) is 18.0. The maximum absolute atomic E-state index is 12.7. The summed E-state index contributed by atoms with van der Waals surface area (Å²) in [6.45, 7) is 2.89. The van der Waals surface area contributed by atoms with Crippen LogP contribution in [0.4, 0.5) is 0 Å². The first-order chi connectivity index (χ1) is 13.5. The fraction of sp³-hybridized carbons (Fsp3) is 0.450. The summed E-state index contributed by atoms with van der Waals surface area (Å²) in [5, 5.41) is 0. The molecule has 1 heterocycles. The summed E-state index contributed by atoms with van der Waals surface area (Å²) in [5.74, 6) is 0.829. The Morgan fingerprint density at radius 3 is 2.64 bits per heavy atom. The molecule has 0 saturated carbocycles. The molecule has 1 fully saturated rings. The van der Waals surface area contributed by atoms with Gasteiger partial charge in [-0.1, -0.05) is 43.4 Å². The van der Waals surface area contributed by atoms with Gasteiger partial charge in [0.05, 0.1) is 25.7 Å². The Morgan fingerprint density at radius 1 is 1.21 bits per heavy atom. The number of amides is 1. The minimum atomic E-state index is -0.236. The van der Waals surface area contributed by atoms with Crippen LogP contribution >= 0.6 is 24.0 Å². The van der Waals surface area contributed by atoms with E-state index in [9.17, 15) is 9.59 Å². The van der Waals surface area contributed by atoms with Gasteiger partial charge in [0.1, 0.15) is 4.32 Å². The SMILES string of the molecule is CCCCOC(=O)CCCN1C(=O)C(=Cc2ccc(OC)c(OC)c2)SC1=S. The summed E-state index contributed by atoms with van der Waals surface area (Å²) in [5.41, 5.74) is 0.817. The van der Waals surface area contributed by atoms with E-state index in [1.54, 1.807) is 32.4 Å². The number of hydrogen-bond acceptors (Lipinski definition) is 7. The topological polar surface area (TPSA) is 65.1 Å². The van der Waals surface area contributed by atoms with E-state index in [2.05, 4.69) is 0 Å². The summed E-state index contributed by atoms with van der Waals surface area (Å²) < 4.78 is 16.1. The van der Waals surface area contributed by atoms with Crippen LogP contribution in [0.25, 0.3) is 6.08 Å². The molecule has 152 valence electrons. The lowest BCUT2D eigenvalue weighted by Gasteiger charge is -2.13. The Kier molecular flexibility index (Phi) is 8.79. The number of benzene rings is 1. The van der Waals surface area contributed by atoms with E-state index in [1.807, 2.05) is 13.0 Å². The van der Waals surface area contributed by atoms with Crippen LogP contribution < -0.4 is 9.47 Å². The van der Waals surface area contributed by atoms with Gasteiger partial charge in [-0.25, -0.2) is 0 Å². The Balaban J connectivity index is 1.95. The van der Waals surface area contributed by atoms with Crippen molar-refractivity contribution in [3.8, 4) is 11.5 Å². The number of hydrogen-bond donors (Lipinski definition) is 0. The predicted molar refractivity (Wildman–Crippen MR) is 115 cm³/mol. The van der Waals surface area contributed by atoms with Crippen LogP contribution in [0, 0.1) is 0 Å². The molecule has 1 saturated heterocycles. The Morgan fingerprint density at radius 2 is 1.96 bits per heavy atom. The summed E-state index contributed by atoms with van der Waals surface area (Å²) in [6, 6.07) is 5.44. The molecule has 2 rings (SSSR count). The molecule has 28 heavy (non-hydrogen) atoms. The molecule has 0 N–H and O–H groups in total. The predicted octanol–water partition coefficient (Wildman–Crippen LogP) is 4.03. The van der Waals surface area contributed by atoms with Crippen LogP contribution in [0.2, 0.25) is 0 Å². The Bertz CT molecular complexity index is 763. The molecule has 1 aliphatic rings. The standard InChI is InChI=1S/C20H25NO5S2/c1-4-5-11-26-18(22)7-6-10-21-19(23)17(28-20(21)27)13-14-8-9-15(24-2)16(12-14)25-3/h8-9,12-13H,4-7,10-11H2,1-3H3. The highest BCUT2D eigenvalue weighted by molar-refractivity contribution is 8.26. The summed E-state index contributed by atoms with van der Waals surface area (Å²) in [7, 11) is 3.14. The molecular formula is C20H25NO5S2. The molecule has 1 aromatic rings. The number of thiocarbonyl (C=S) groups is 1. The molecule has 0 bridgehead atoms. The van der Waals surface area contributed by atoms with Gasteiger partial charge in [0, 0.05) is 13.0 Å². The first-order valence-corrected chi connectivity index (χ1v) is 10.4. The number of carbonyl (C=O) groups is 2. The highest BCUT2D eigenvalue weighted by atomic mass is 32.2. The second-order valence-electron chi connectivity index (χ2n) is 6.13. The number of rotatable bonds is 10. The lowest BCUT2D eigenvalue weighted by molar-refractivity contribution is -0.144. The minimum absolute atomic E-state index is 0.149. The van der Waals surface area contributed by atoms with Crippen molar-refractivity contribution in [1.29, 1.82) is 0 Å². The number of nitrogens with zero attached hydrogens (tertiary/aromatic N) is 1. The second-order valence-corrected chi connectivity index (χ2v) is 7.80. The summed E-state index contributed by atoms with van der Waals surface area (Å²) in [4.78, 5) is 26.4. The zero-order chi connectivity index (χ0) is 20.5. The van der Waals surface area contributed by atoms with Crippen LogP contribution in [0.15, 0.2) is 23.1 Å². The molecule has 0 spiro atoms. The monoisotopic (exact) mass is 423 g/mol.